The zero-order valence-electron chi connectivity index (χ0n) is 8.27. The molecule has 0 bridgehead atoms. The summed E-state index contributed by atoms with van der Waals surface area (Å²) in [6, 6.07) is 10.1. The first-order valence-corrected chi connectivity index (χ1v) is 6.23. The van der Waals surface area contributed by atoms with Gasteiger partial charge < -0.3 is 5.32 Å². The van der Waals surface area contributed by atoms with E-state index in [4.69, 9.17) is 5.26 Å². The smallest absolute Gasteiger partial charge is 0.184 e. The van der Waals surface area contributed by atoms with Gasteiger partial charge in [0.05, 0.1) is 6.20 Å². The maximum atomic E-state index is 8.66. The van der Waals surface area contributed by atoms with Crippen molar-refractivity contribution >= 4 is 32.4 Å². The van der Waals surface area contributed by atoms with Crippen molar-refractivity contribution in [3.05, 3.63) is 45.4 Å². The number of nitrogens with zero attached hydrogens (tertiary/aromatic N) is 2. The van der Waals surface area contributed by atoms with E-state index in [1.165, 1.54) is 16.9 Å². The zero-order valence-corrected chi connectivity index (χ0v) is 10.7. The molecule has 80 valence electrons. The van der Waals surface area contributed by atoms with E-state index >= 15 is 0 Å². The van der Waals surface area contributed by atoms with Gasteiger partial charge in [-0.15, -0.1) is 0 Å². The lowest BCUT2D eigenvalue weighted by atomic mass is 10.2. The van der Waals surface area contributed by atoms with Crippen LogP contribution in [0.3, 0.4) is 0 Å². The lowest BCUT2D eigenvalue weighted by Crippen LogP contribution is -1.98. The Kier molecular flexibility index (Phi) is 3.54. The predicted octanol–water partition coefficient (Wildman–Crippen LogP) is 3.39. The summed E-state index contributed by atoms with van der Waals surface area (Å²) in [7, 11) is 0. The van der Waals surface area contributed by atoms with E-state index in [1.807, 2.05) is 24.3 Å². The first-order valence-electron chi connectivity index (χ1n) is 4.62. The van der Waals surface area contributed by atoms with Crippen molar-refractivity contribution in [2.24, 2.45) is 0 Å². The predicted molar refractivity (Wildman–Crippen MR) is 68.3 cm³/mol. The number of rotatable bonds is 3. The molecule has 5 heteroatoms. The number of aromatic nitrogens is 1. The molecule has 1 aromatic carbocycles. The van der Waals surface area contributed by atoms with E-state index in [0.29, 0.717) is 11.4 Å². The van der Waals surface area contributed by atoms with Crippen molar-refractivity contribution in [3.63, 3.8) is 0 Å². The molecule has 0 saturated heterocycles. The van der Waals surface area contributed by atoms with Crippen molar-refractivity contribution in [2.75, 3.05) is 5.32 Å². The van der Waals surface area contributed by atoms with Gasteiger partial charge in [0.2, 0.25) is 0 Å². The van der Waals surface area contributed by atoms with Gasteiger partial charge in [-0.2, -0.15) is 5.26 Å². The van der Waals surface area contributed by atoms with Gasteiger partial charge in [0.1, 0.15) is 10.9 Å². The molecule has 0 atom stereocenters. The Morgan fingerprint density at radius 2 is 2.38 bits per heavy atom. The minimum atomic E-state index is 0.622. The van der Waals surface area contributed by atoms with Gasteiger partial charge in [-0.3, -0.25) is 0 Å². The first-order chi connectivity index (χ1) is 7.78. The van der Waals surface area contributed by atoms with Gasteiger partial charge >= 0.3 is 0 Å². The average molecular weight is 294 g/mol. The maximum absolute atomic E-state index is 8.66. The van der Waals surface area contributed by atoms with E-state index in [9.17, 15) is 0 Å². The summed E-state index contributed by atoms with van der Waals surface area (Å²) in [4.78, 5) is 4.72. The summed E-state index contributed by atoms with van der Waals surface area (Å²) < 4.78 is 1.06. The molecule has 1 heterocycles. The summed E-state index contributed by atoms with van der Waals surface area (Å²) in [5.41, 5.74) is 1.17. The minimum Gasteiger partial charge on any atom is -0.357 e. The normalized spacial score (nSPS) is 9.75. The summed E-state index contributed by atoms with van der Waals surface area (Å²) >= 11 is 4.78. The Morgan fingerprint density at radius 3 is 3.06 bits per heavy atom. The van der Waals surface area contributed by atoms with E-state index in [1.54, 1.807) is 6.20 Å². The fourth-order valence-corrected chi connectivity index (χ4v) is 2.29. The second-order valence-corrected chi connectivity index (χ2v) is 5.07. The molecule has 1 N–H and O–H groups in total. The van der Waals surface area contributed by atoms with Crippen molar-refractivity contribution < 1.29 is 0 Å². The quantitative estimate of drug-likeness (QED) is 0.944. The number of hydrogen-bond donors (Lipinski definition) is 1. The van der Waals surface area contributed by atoms with Gasteiger partial charge in [0.15, 0.2) is 5.13 Å². The molecule has 0 saturated carbocycles. The number of nitriles is 1. The van der Waals surface area contributed by atoms with Crippen LogP contribution in [0.1, 0.15) is 10.4 Å². The van der Waals surface area contributed by atoms with Crippen LogP contribution in [-0.2, 0) is 6.54 Å². The van der Waals surface area contributed by atoms with Crippen molar-refractivity contribution in [3.8, 4) is 6.07 Å². The number of thiazole rings is 1. The molecule has 16 heavy (non-hydrogen) atoms. The fraction of sp³-hybridized carbons (Fsp3) is 0.0909. The third-order valence-electron chi connectivity index (χ3n) is 1.95. The largest absolute Gasteiger partial charge is 0.357 e. The Hall–Kier alpha value is -1.38. The standard InChI is InChI=1S/C11H8BrN3S/c12-9-3-1-2-8(4-9)6-14-11-15-7-10(5-13)16-11/h1-4,7H,6H2,(H,14,15). The highest BCUT2D eigenvalue weighted by molar-refractivity contribution is 9.10. The number of nitrogens with one attached hydrogen (secondary N) is 1. The second kappa shape index (κ2) is 5.10. The topological polar surface area (TPSA) is 48.7 Å². The van der Waals surface area contributed by atoms with Gasteiger partial charge in [0.25, 0.3) is 0 Å². The molecule has 2 rings (SSSR count). The molecular formula is C11H8BrN3S. The highest BCUT2D eigenvalue weighted by Gasteiger charge is 2.00. The number of hydrogen-bond acceptors (Lipinski definition) is 4. The van der Waals surface area contributed by atoms with E-state index in [0.717, 1.165) is 9.60 Å². The van der Waals surface area contributed by atoms with Crippen LogP contribution in [0, 0.1) is 11.3 Å². The summed E-state index contributed by atoms with van der Waals surface area (Å²) in [6.07, 6.45) is 1.58. The van der Waals surface area contributed by atoms with Gasteiger partial charge in [-0.05, 0) is 17.7 Å². The molecule has 0 aliphatic carbocycles. The van der Waals surface area contributed by atoms with Gasteiger partial charge in [-0.25, -0.2) is 4.98 Å². The highest BCUT2D eigenvalue weighted by Crippen LogP contribution is 2.18. The molecule has 1 aromatic heterocycles. The summed E-state index contributed by atoms with van der Waals surface area (Å²) in [6.45, 7) is 0.706. The number of anilines is 1. The first kappa shape index (κ1) is 11.1. The lowest BCUT2D eigenvalue weighted by molar-refractivity contribution is 1.13. The van der Waals surface area contributed by atoms with Gasteiger partial charge in [0, 0.05) is 11.0 Å². The van der Waals surface area contributed by atoms with Crippen LogP contribution in [0.5, 0.6) is 0 Å². The molecule has 0 aliphatic heterocycles. The fourth-order valence-electron chi connectivity index (χ4n) is 1.23. The van der Waals surface area contributed by atoms with Crippen LogP contribution in [-0.4, -0.2) is 4.98 Å². The molecule has 0 aliphatic rings. The van der Waals surface area contributed by atoms with E-state index in [2.05, 4.69) is 32.3 Å². The average Bonchev–Trinajstić information content (AvgIpc) is 2.74. The van der Waals surface area contributed by atoms with Gasteiger partial charge in [-0.1, -0.05) is 39.4 Å². The molecule has 0 fully saturated rings. The zero-order chi connectivity index (χ0) is 11.4. The Balaban J connectivity index is 2.00. The molecule has 0 unspecified atom stereocenters. The summed E-state index contributed by atoms with van der Waals surface area (Å²) in [5, 5.41) is 12.6. The SMILES string of the molecule is N#Cc1cnc(NCc2cccc(Br)c2)s1. The Bertz CT molecular complexity index is 530. The lowest BCUT2D eigenvalue weighted by Gasteiger charge is -2.02. The second-order valence-electron chi connectivity index (χ2n) is 3.12. The van der Waals surface area contributed by atoms with Crippen LogP contribution in [0.15, 0.2) is 34.9 Å². The molecule has 3 nitrogen and oxygen atoms in total. The number of benzene rings is 1. The van der Waals surface area contributed by atoms with Crippen LogP contribution in [0.2, 0.25) is 0 Å². The summed E-state index contributed by atoms with van der Waals surface area (Å²) in [5.74, 6) is 0. The maximum Gasteiger partial charge on any atom is 0.184 e. The molecular weight excluding hydrogens is 286 g/mol. The van der Waals surface area contributed by atoms with Crippen LogP contribution in [0.25, 0.3) is 0 Å². The van der Waals surface area contributed by atoms with Crippen molar-refractivity contribution in [2.45, 2.75) is 6.54 Å². The molecule has 0 radical (unpaired) electrons. The van der Waals surface area contributed by atoms with E-state index < -0.39 is 0 Å². The third-order valence-corrected chi connectivity index (χ3v) is 3.30. The van der Waals surface area contributed by atoms with Crippen LogP contribution in [0.4, 0.5) is 5.13 Å². The minimum absolute atomic E-state index is 0.622. The van der Waals surface area contributed by atoms with Crippen LogP contribution >= 0.6 is 27.3 Å². The third kappa shape index (κ3) is 2.81. The number of halogens is 1. The van der Waals surface area contributed by atoms with Crippen molar-refractivity contribution in [1.29, 1.82) is 5.26 Å². The highest BCUT2D eigenvalue weighted by atomic mass is 79.9. The monoisotopic (exact) mass is 293 g/mol. The Labute approximate surface area is 106 Å². The van der Waals surface area contributed by atoms with E-state index in [-0.39, 0.29) is 0 Å². The van der Waals surface area contributed by atoms with Crippen molar-refractivity contribution in [1.82, 2.24) is 4.98 Å². The van der Waals surface area contributed by atoms with Crippen LogP contribution < -0.4 is 5.32 Å². The Morgan fingerprint density at radius 1 is 1.50 bits per heavy atom. The molecule has 0 spiro atoms. The molecule has 2 aromatic rings. The molecule has 0 amide bonds.